The Hall–Kier alpha value is -3.27. The second kappa shape index (κ2) is 11.5. The molecular formula is C37H48N2O5SSi. The molecule has 2 aromatic carbocycles. The molecular weight excluding hydrogens is 613 g/mol. The van der Waals surface area contributed by atoms with Gasteiger partial charge in [-0.3, -0.25) is 4.79 Å². The summed E-state index contributed by atoms with van der Waals surface area (Å²) in [5.41, 5.74) is 5.51. The standard InChI is InChI=1S/C37H48N2O5SSi/c1-23-21-36(5,6)38-26-14-13-25-31-27(15-16-28(33(31)42-7)44-46(8,9)35(2,3)4)43-37(41,32(25)30(23)26)22-29-24(17-20-45-29)34(40)39-18-11-10-12-19-39/h13-17,20-21,38,41H,10-12,18-19,22H2,1-9H3. The van der Waals surface area contributed by atoms with Gasteiger partial charge in [0.15, 0.2) is 5.75 Å². The maximum Gasteiger partial charge on any atom is 0.254 e. The molecule has 46 heavy (non-hydrogen) atoms. The van der Waals surface area contributed by atoms with E-state index >= 15 is 0 Å². The minimum Gasteiger partial charge on any atom is -0.541 e. The lowest BCUT2D eigenvalue weighted by molar-refractivity contribution is -0.146. The number of allylic oxidation sites excluding steroid dienone is 1. The van der Waals surface area contributed by atoms with Gasteiger partial charge < -0.3 is 29.2 Å². The predicted octanol–water partition coefficient (Wildman–Crippen LogP) is 8.82. The normalized spacial score (nSPS) is 20.4. The molecule has 1 fully saturated rings. The molecule has 3 aliphatic heterocycles. The van der Waals surface area contributed by atoms with E-state index < -0.39 is 14.1 Å². The van der Waals surface area contributed by atoms with Crippen molar-refractivity contribution in [3.8, 4) is 28.4 Å². The number of hydrogen-bond acceptors (Lipinski definition) is 7. The number of ether oxygens (including phenoxy) is 2. The maximum atomic E-state index is 13.7. The molecule has 0 spiro atoms. The number of rotatable bonds is 6. The number of nitrogens with one attached hydrogen (secondary N) is 1. The number of thiophene rings is 1. The summed E-state index contributed by atoms with van der Waals surface area (Å²) in [6, 6.07) is 9.80. The van der Waals surface area contributed by atoms with E-state index in [-0.39, 0.29) is 22.9 Å². The molecule has 0 saturated carbocycles. The van der Waals surface area contributed by atoms with E-state index in [0.29, 0.717) is 28.4 Å². The highest BCUT2D eigenvalue weighted by molar-refractivity contribution is 7.10. The third-order valence-corrected chi connectivity index (χ3v) is 15.3. The van der Waals surface area contributed by atoms with E-state index in [4.69, 9.17) is 13.9 Å². The third-order valence-electron chi connectivity index (χ3n) is 10.1. The van der Waals surface area contributed by atoms with Gasteiger partial charge >= 0.3 is 0 Å². The van der Waals surface area contributed by atoms with Crippen LogP contribution >= 0.6 is 11.3 Å². The fourth-order valence-corrected chi connectivity index (χ4v) is 8.78. The zero-order chi connectivity index (χ0) is 33.2. The van der Waals surface area contributed by atoms with Gasteiger partial charge in [0.25, 0.3) is 14.2 Å². The van der Waals surface area contributed by atoms with Crippen LogP contribution in [0.2, 0.25) is 18.1 Å². The molecule has 4 heterocycles. The van der Waals surface area contributed by atoms with Crippen LogP contribution in [0, 0.1) is 0 Å². The first kappa shape index (κ1) is 32.7. The molecule has 0 radical (unpaired) electrons. The number of hydrogen-bond donors (Lipinski definition) is 2. The van der Waals surface area contributed by atoms with Gasteiger partial charge in [0.05, 0.1) is 30.2 Å². The lowest BCUT2D eigenvalue weighted by Gasteiger charge is -2.42. The largest absolute Gasteiger partial charge is 0.541 e. The van der Waals surface area contributed by atoms with Gasteiger partial charge in [-0.15, -0.1) is 11.3 Å². The van der Waals surface area contributed by atoms with Crippen molar-refractivity contribution in [2.24, 2.45) is 0 Å². The second-order valence-electron chi connectivity index (χ2n) is 15.1. The number of aliphatic hydroxyl groups is 1. The zero-order valence-corrected chi connectivity index (χ0v) is 30.5. The van der Waals surface area contributed by atoms with E-state index in [1.54, 1.807) is 7.11 Å². The minimum atomic E-state index is -2.21. The van der Waals surface area contributed by atoms with Crippen molar-refractivity contribution in [2.45, 2.75) is 96.7 Å². The maximum absolute atomic E-state index is 13.7. The Labute approximate surface area is 278 Å². The molecule has 0 aliphatic carbocycles. The van der Waals surface area contributed by atoms with Crippen molar-refractivity contribution in [1.29, 1.82) is 0 Å². The topological polar surface area (TPSA) is 80.3 Å². The molecule has 246 valence electrons. The first-order valence-corrected chi connectivity index (χ1v) is 20.2. The first-order valence-electron chi connectivity index (χ1n) is 16.4. The summed E-state index contributed by atoms with van der Waals surface area (Å²) in [5, 5.41) is 18.4. The van der Waals surface area contributed by atoms with Crippen molar-refractivity contribution < 1.29 is 23.8 Å². The molecule has 2 N–H and O–H groups in total. The molecule has 1 saturated heterocycles. The van der Waals surface area contributed by atoms with Gasteiger partial charge in [0, 0.05) is 34.8 Å². The summed E-state index contributed by atoms with van der Waals surface area (Å²) in [6.07, 6.45) is 5.51. The SMILES string of the molecule is COc1c(O[Si](C)(C)C(C)(C)C)ccc2c1-c1ccc3c(c1C(O)(Cc1sccc1C(=O)N1CCCCC1)O2)C(C)=CC(C)(C)N3. The van der Waals surface area contributed by atoms with Crippen LogP contribution in [-0.4, -0.2) is 50.0 Å². The second-order valence-corrected chi connectivity index (χ2v) is 20.8. The highest BCUT2D eigenvalue weighted by atomic mass is 32.1. The fraction of sp³-hybridized carbons (Fsp3) is 0.486. The van der Waals surface area contributed by atoms with Crippen LogP contribution in [0.5, 0.6) is 17.2 Å². The number of carbonyl (C=O) groups excluding carboxylic acids is 1. The van der Waals surface area contributed by atoms with Crippen LogP contribution < -0.4 is 19.2 Å². The summed E-state index contributed by atoms with van der Waals surface area (Å²) in [5.74, 6) is 0.0546. The van der Waals surface area contributed by atoms with Crippen LogP contribution in [-0.2, 0) is 12.2 Å². The van der Waals surface area contributed by atoms with Crippen LogP contribution in [0.1, 0.15) is 87.2 Å². The molecule has 1 atom stereocenters. The van der Waals surface area contributed by atoms with Crippen LogP contribution in [0.3, 0.4) is 0 Å². The molecule has 1 amide bonds. The minimum absolute atomic E-state index is 0.00786. The van der Waals surface area contributed by atoms with Crippen LogP contribution in [0.25, 0.3) is 16.7 Å². The number of likely N-dealkylation sites (tertiary alicyclic amines) is 1. The number of anilines is 1. The van der Waals surface area contributed by atoms with Crippen molar-refractivity contribution >= 4 is 36.8 Å². The molecule has 9 heteroatoms. The fourth-order valence-electron chi connectivity index (χ4n) is 6.83. The monoisotopic (exact) mass is 660 g/mol. The number of piperidine rings is 1. The zero-order valence-electron chi connectivity index (χ0n) is 28.7. The molecule has 0 bridgehead atoms. The average molecular weight is 661 g/mol. The van der Waals surface area contributed by atoms with Gasteiger partial charge in [0.1, 0.15) is 11.5 Å². The predicted molar refractivity (Wildman–Crippen MR) is 190 cm³/mol. The van der Waals surface area contributed by atoms with E-state index in [1.165, 1.54) is 11.3 Å². The number of carbonyl (C=O) groups is 1. The summed E-state index contributed by atoms with van der Waals surface area (Å²) < 4.78 is 19.6. The van der Waals surface area contributed by atoms with Crippen LogP contribution in [0.15, 0.2) is 41.8 Å². The molecule has 7 nitrogen and oxygen atoms in total. The van der Waals surface area contributed by atoms with Gasteiger partial charge in [-0.1, -0.05) is 32.9 Å². The van der Waals surface area contributed by atoms with Gasteiger partial charge in [0.2, 0.25) is 5.79 Å². The highest BCUT2D eigenvalue weighted by Crippen LogP contribution is 2.56. The van der Waals surface area contributed by atoms with Crippen molar-refractivity contribution in [3.63, 3.8) is 0 Å². The molecule has 3 aliphatic rings. The van der Waals surface area contributed by atoms with Gasteiger partial charge in [-0.25, -0.2) is 0 Å². The van der Waals surface area contributed by atoms with Crippen molar-refractivity contribution in [3.05, 3.63) is 63.4 Å². The van der Waals surface area contributed by atoms with Crippen molar-refractivity contribution in [1.82, 2.24) is 4.90 Å². The smallest absolute Gasteiger partial charge is 0.254 e. The highest BCUT2D eigenvalue weighted by Gasteiger charge is 2.47. The third kappa shape index (κ3) is 5.64. The van der Waals surface area contributed by atoms with E-state index in [1.807, 2.05) is 28.5 Å². The lowest BCUT2D eigenvalue weighted by Crippen LogP contribution is -2.44. The van der Waals surface area contributed by atoms with Crippen molar-refractivity contribution in [2.75, 3.05) is 25.5 Å². The Morgan fingerprint density at radius 1 is 1.09 bits per heavy atom. The number of benzene rings is 2. The van der Waals surface area contributed by atoms with E-state index in [2.05, 4.69) is 78.2 Å². The summed E-state index contributed by atoms with van der Waals surface area (Å²) >= 11 is 1.49. The first-order chi connectivity index (χ1) is 21.6. The Morgan fingerprint density at radius 2 is 1.80 bits per heavy atom. The Morgan fingerprint density at radius 3 is 2.48 bits per heavy atom. The summed E-state index contributed by atoms with van der Waals surface area (Å²) in [7, 11) is -0.549. The lowest BCUT2D eigenvalue weighted by atomic mass is 9.79. The van der Waals surface area contributed by atoms with E-state index in [0.717, 1.165) is 65.2 Å². The average Bonchev–Trinajstić information content (AvgIpc) is 3.43. The summed E-state index contributed by atoms with van der Waals surface area (Å²) in [6.45, 7) is 19.0. The Balaban J connectivity index is 1.52. The van der Waals surface area contributed by atoms with E-state index in [9.17, 15) is 9.90 Å². The van der Waals surface area contributed by atoms with Gasteiger partial charge in [-0.2, -0.15) is 0 Å². The Bertz CT molecular complexity index is 1710. The number of methoxy groups -OCH3 is 1. The molecule has 1 aromatic heterocycles. The molecule has 1 unspecified atom stereocenters. The number of nitrogens with zero attached hydrogens (tertiary/aromatic N) is 1. The quantitative estimate of drug-likeness (QED) is 0.257. The van der Waals surface area contributed by atoms with Gasteiger partial charge in [-0.05, 0) is 98.9 Å². The molecule has 6 rings (SSSR count). The molecule has 3 aromatic rings. The number of fused-ring (bicyclic) bond motifs is 5. The number of amides is 1. The Kier molecular flexibility index (Phi) is 8.13. The summed E-state index contributed by atoms with van der Waals surface area (Å²) in [4.78, 5) is 16.4. The van der Waals surface area contributed by atoms with Crippen LogP contribution in [0.4, 0.5) is 5.69 Å².